The number of aromatic nitrogens is 5. The maximum atomic E-state index is 4.95. The highest BCUT2D eigenvalue weighted by Gasteiger charge is 2.32. The van der Waals surface area contributed by atoms with Gasteiger partial charge in [-0.15, -0.1) is 0 Å². The van der Waals surface area contributed by atoms with Gasteiger partial charge in [-0.25, -0.2) is 19.9 Å². The van der Waals surface area contributed by atoms with Crippen molar-refractivity contribution in [1.82, 2.24) is 44.2 Å². The van der Waals surface area contributed by atoms with Crippen LogP contribution in [0.3, 0.4) is 0 Å². The Hall–Kier alpha value is -6.62. The Balaban J connectivity index is 1.30. The van der Waals surface area contributed by atoms with Gasteiger partial charge in [0.15, 0.2) is 23.2 Å². The number of rotatable bonds is 7. The Kier molecular flexibility index (Phi) is 6.50. The number of benzene rings is 2. The lowest BCUT2D eigenvalue weighted by Gasteiger charge is -2.07. The minimum Gasteiger partial charge on any atom is -0.375 e. The summed E-state index contributed by atoms with van der Waals surface area (Å²) in [6.45, 7) is 0. The van der Waals surface area contributed by atoms with Crippen molar-refractivity contribution in [2.24, 2.45) is 0 Å². The van der Waals surface area contributed by atoms with Crippen molar-refractivity contribution in [2.45, 2.75) is 6.04 Å². The van der Waals surface area contributed by atoms with Crippen LogP contribution in [0.15, 0.2) is 128 Å². The predicted octanol–water partition coefficient (Wildman–Crippen LogP) is 2.59. The third-order valence-electron chi connectivity index (χ3n) is 7.37. The topological polar surface area (TPSA) is 119 Å². The molecule has 0 fully saturated rings. The standard InChI is InChI=1S/C36H24N9/c1-3-10-23(11-4-1)33-41-31(29-17-16-27(39-29)26-15-9-21-38-26)22-32(42-33)36-44-34(24-12-5-2-6-13-24)43-35(45-36)30-19-18-28(40-30)25-14-7-8-20-37-25/h1-22,25,37H/q+3. The lowest BCUT2D eigenvalue weighted by Crippen LogP contribution is -2.32. The number of nitrogens with one attached hydrogen (secondary N) is 1. The van der Waals surface area contributed by atoms with E-state index in [2.05, 4.69) is 16.1 Å². The third-order valence-corrected chi connectivity index (χ3v) is 7.37. The van der Waals surface area contributed by atoms with Gasteiger partial charge in [0.2, 0.25) is 5.82 Å². The number of hydrogen-bond acceptors (Lipinski definition) is 6. The van der Waals surface area contributed by atoms with Gasteiger partial charge < -0.3 is 5.32 Å². The molecule has 45 heavy (non-hydrogen) atoms. The molecule has 0 aliphatic carbocycles. The Morgan fingerprint density at radius 3 is 1.96 bits per heavy atom. The van der Waals surface area contributed by atoms with Crippen LogP contribution < -0.4 is 19.3 Å². The molecule has 2 aromatic carbocycles. The zero-order chi connectivity index (χ0) is 30.0. The fraction of sp³-hybridized carbons (Fsp3) is 0.0278. The molecular weight excluding hydrogens is 558 g/mol. The van der Waals surface area contributed by atoms with E-state index < -0.39 is 0 Å². The van der Waals surface area contributed by atoms with Gasteiger partial charge in [0, 0.05) is 53.6 Å². The molecule has 1 atom stereocenters. The number of dihydropyridines is 1. The molecule has 9 nitrogen and oxygen atoms in total. The van der Waals surface area contributed by atoms with E-state index >= 15 is 0 Å². The van der Waals surface area contributed by atoms with Crippen molar-refractivity contribution in [3.05, 3.63) is 139 Å². The summed E-state index contributed by atoms with van der Waals surface area (Å²) in [6.07, 6.45) is 21.3. The van der Waals surface area contributed by atoms with E-state index in [-0.39, 0.29) is 6.04 Å². The average molecular weight is 583 g/mol. The Morgan fingerprint density at radius 1 is 0.533 bits per heavy atom. The molecule has 8 rings (SSSR count). The van der Waals surface area contributed by atoms with Gasteiger partial charge in [0.05, 0.1) is 0 Å². The molecule has 0 saturated heterocycles. The number of hydrogen-bond donors (Lipinski definition) is 1. The summed E-state index contributed by atoms with van der Waals surface area (Å²) in [5.41, 5.74) is 6.74. The van der Waals surface area contributed by atoms with E-state index in [0.29, 0.717) is 46.1 Å². The summed E-state index contributed by atoms with van der Waals surface area (Å²) in [6, 6.07) is 21.5. The molecule has 1 unspecified atom stereocenters. The molecule has 0 spiro atoms. The molecule has 6 heterocycles. The van der Waals surface area contributed by atoms with Crippen molar-refractivity contribution in [2.75, 3.05) is 0 Å². The zero-order valence-corrected chi connectivity index (χ0v) is 23.9. The maximum absolute atomic E-state index is 4.95. The van der Waals surface area contributed by atoms with Crippen LogP contribution in [-0.2, 0) is 0 Å². The van der Waals surface area contributed by atoms with Gasteiger partial charge in [-0.1, -0.05) is 86.8 Å². The molecule has 0 radical (unpaired) electrons. The highest BCUT2D eigenvalue weighted by atomic mass is 15.1. The van der Waals surface area contributed by atoms with Crippen molar-refractivity contribution >= 4 is 34.8 Å². The first-order valence-electron chi connectivity index (χ1n) is 14.5. The van der Waals surface area contributed by atoms with Crippen molar-refractivity contribution in [3.8, 4) is 34.3 Å². The summed E-state index contributed by atoms with van der Waals surface area (Å²) in [4.78, 5) is 24.5. The average Bonchev–Trinajstić information content (AvgIpc) is 3.92. The monoisotopic (exact) mass is 582 g/mol. The van der Waals surface area contributed by atoms with Crippen LogP contribution in [0.2, 0.25) is 0 Å². The van der Waals surface area contributed by atoms with Crippen molar-refractivity contribution in [1.29, 1.82) is 0 Å². The van der Waals surface area contributed by atoms with E-state index in [4.69, 9.17) is 34.3 Å². The van der Waals surface area contributed by atoms with Crippen molar-refractivity contribution in [3.63, 3.8) is 0 Å². The van der Waals surface area contributed by atoms with Crippen molar-refractivity contribution < 1.29 is 0 Å². The molecule has 1 N–H and O–H groups in total. The Bertz CT molecular complexity index is 2230. The van der Waals surface area contributed by atoms with Gasteiger partial charge >= 0.3 is 28.6 Å². The van der Waals surface area contributed by atoms with Gasteiger partial charge in [0.1, 0.15) is 11.7 Å². The maximum Gasteiger partial charge on any atom is 0.416 e. The summed E-state index contributed by atoms with van der Waals surface area (Å²) >= 11 is 0. The lowest BCUT2D eigenvalue weighted by atomic mass is 10.1. The lowest BCUT2D eigenvalue weighted by molar-refractivity contribution is 0.867. The summed E-state index contributed by atoms with van der Waals surface area (Å²) < 4.78 is 14.1. The fourth-order valence-electron chi connectivity index (χ4n) is 5.14. The van der Waals surface area contributed by atoms with Crippen LogP contribution in [-0.4, -0.2) is 65.7 Å². The van der Waals surface area contributed by atoms with Crippen LogP contribution >= 0.6 is 0 Å². The molecule has 0 amide bonds. The van der Waals surface area contributed by atoms with Gasteiger partial charge in [-0.2, -0.15) is 4.98 Å². The first-order valence-corrected chi connectivity index (χ1v) is 14.5. The highest BCUT2D eigenvalue weighted by Crippen LogP contribution is 2.24. The predicted molar refractivity (Wildman–Crippen MR) is 180 cm³/mol. The van der Waals surface area contributed by atoms with Gasteiger partial charge in [-0.3, -0.25) is 0 Å². The second-order valence-electron chi connectivity index (χ2n) is 10.4. The van der Waals surface area contributed by atoms with Crippen LogP contribution in [0.25, 0.3) is 34.3 Å². The molecule has 9 heteroatoms. The minimum absolute atomic E-state index is 0.0259. The SMILES string of the molecule is C1=CNC(C2=[N+]=C(c3nc(-c4ccccc4)nc(-c4cc(C5=[N+]=C(C6=[N+]=CC=C6)C=C5)nc(-c5ccccc5)n4)n3)C=C2)C=C1. The second-order valence-corrected chi connectivity index (χ2v) is 10.4. The fourth-order valence-corrected chi connectivity index (χ4v) is 5.14. The summed E-state index contributed by atoms with van der Waals surface area (Å²) in [5.74, 6) is 1.93. The number of allylic oxidation sites excluding steroid dienone is 7. The molecule has 0 saturated carbocycles. The van der Waals surface area contributed by atoms with Crippen LogP contribution in [0.5, 0.6) is 0 Å². The van der Waals surface area contributed by atoms with E-state index in [1.165, 1.54) is 0 Å². The molecule has 4 aromatic rings. The van der Waals surface area contributed by atoms with Crippen LogP contribution in [0.1, 0.15) is 11.5 Å². The first kappa shape index (κ1) is 26.0. The molecular formula is C36H24N9+3. The van der Waals surface area contributed by atoms with Gasteiger partial charge in [0.25, 0.3) is 6.21 Å². The van der Waals surface area contributed by atoms with E-state index in [1.54, 1.807) is 6.21 Å². The van der Waals surface area contributed by atoms with Gasteiger partial charge in [-0.05, 0) is 12.3 Å². The van der Waals surface area contributed by atoms with E-state index in [0.717, 1.165) is 28.3 Å². The normalized spacial score (nSPS) is 17.2. The largest absolute Gasteiger partial charge is 0.416 e. The Labute approximate surface area is 258 Å². The zero-order valence-electron chi connectivity index (χ0n) is 23.9. The molecule has 210 valence electrons. The van der Waals surface area contributed by atoms with Crippen LogP contribution in [0, 0.1) is 0 Å². The first-order chi connectivity index (χ1) is 22.3. The quantitative estimate of drug-likeness (QED) is 0.335. The smallest absolute Gasteiger partial charge is 0.375 e. The summed E-state index contributed by atoms with van der Waals surface area (Å²) in [7, 11) is 0. The molecule has 0 bridgehead atoms. The minimum atomic E-state index is -0.0259. The van der Waals surface area contributed by atoms with E-state index in [1.807, 2.05) is 122 Å². The number of nitrogens with zero attached hydrogens (tertiary/aromatic N) is 8. The third kappa shape index (κ3) is 5.25. The molecule has 4 aliphatic heterocycles. The van der Waals surface area contributed by atoms with Crippen LogP contribution in [0.4, 0.5) is 0 Å². The Morgan fingerprint density at radius 2 is 1.22 bits per heavy atom. The summed E-state index contributed by atoms with van der Waals surface area (Å²) in [5, 5.41) is 3.32. The molecule has 2 aromatic heterocycles. The highest BCUT2D eigenvalue weighted by molar-refractivity contribution is 6.52. The molecule has 4 aliphatic rings. The van der Waals surface area contributed by atoms with E-state index in [9.17, 15) is 0 Å². The second kappa shape index (κ2) is 11.2.